The van der Waals surface area contributed by atoms with Crippen molar-refractivity contribution in [2.24, 2.45) is 0 Å². The summed E-state index contributed by atoms with van der Waals surface area (Å²) in [6.45, 7) is 15.3. The predicted molar refractivity (Wildman–Crippen MR) is 80.3 cm³/mol. The van der Waals surface area contributed by atoms with E-state index in [9.17, 15) is 4.79 Å². The van der Waals surface area contributed by atoms with Crippen LogP contribution < -0.4 is 0 Å². The first-order valence-electron chi connectivity index (χ1n) is 6.23. The number of carbonyl (C=O) groups excluding carboxylic acids is 1. The highest BCUT2D eigenvalue weighted by atomic mass is 16.7. The van der Waals surface area contributed by atoms with Crippen LogP contribution in [0.15, 0.2) is 25.3 Å². The van der Waals surface area contributed by atoms with Gasteiger partial charge < -0.3 is 19.7 Å². The molecule has 0 aromatic carbocycles. The monoisotopic (exact) mass is 292 g/mol. The zero-order valence-corrected chi connectivity index (χ0v) is 12.9. The van der Waals surface area contributed by atoms with Crippen LogP contribution in [-0.4, -0.2) is 35.7 Å². The average molecular weight is 292 g/mol. The van der Waals surface area contributed by atoms with Gasteiger partial charge in [0.1, 0.15) is 0 Å². The first kappa shape index (κ1) is 26.6. The van der Waals surface area contributed by atoms with E-state index >= 15 is 0 Å². The molecule has 20 heavy (non-hydrogen) atoms. The first-order valence-corrected chi connectivity index (χ1v) is 6.23. The molecule has 0 amide bonds. The van der Waals surface area contributed by atoms with Crippen LogP contribution in [0.5, 0.6) is 0 Å². The lowest BCUT2D eigenvalue weighted by atomic mass is 10.5. The lowest BCUT2D eigenvalue weighted by Gasteiger charge is -2.02. The SMILES string of the molecule is C=CC.C=CC.CCCOC(=O)OCCC.O=C(O)O. The van der Waals surface area contributed by atoms with Gasteiger partial charge in [0, 0.05) is 0 Å². The van der Waals surface area contributed by atoms with Gasteiger partial charge in [0.05, 0.1) is 13.2 Å². The number of ether oxygens (including phenoxy) is 2. The molecule has 0 aromatic rings. The van der Waals surface area contributed by atoms with E-state index in [2.05, 4.69) is 22.6 Å². The van der Waals surface area contributed by atoms with Crippen LogP contribution >= 0.6 is 0 Å². The van der Waals surface area contributed by atoms with Crippen molar-refractivity contribution in [3.8, 4) is 0 Å². The highest BCUT2D eigenvalue weighted by molar-refractivity contribution is 5.59. The maximum Gasteiger partial charge on any atom is 0.508 e. The molecule has 6 nitrogen and oxygen atoms in total. The summed E-state index contributed by atoms with van der Waals surface area (Å²) in [4.78, 5) is 19.1. The zero-order valence-electron chi connectivity index (χ0n) is 12.9. The quantitative estimate of drug-likeness (QED) is 0.582. The second-order valence-corrected chi connectivity index (χ2v) is 3.05. The van der Waals surface area contributed by atoms with E-state index in [-0.39, 0.29) is 0 Å². The minimum absolute atomic E-state index is 0.447. The summed E-state index contributed by atoms with van der Waals surface area (Å²) in [6, 6.07) is 0. The molecule has 120 valence electrons. The molecular formula is C14H28O6. The number of hydrogen-bond donors (Lipinski definition) is 2. The van der Waals surface area contributed by atoms with Gasteiger partial charge in [-0.05, 0) is 26.7 Å². The minimum atomic E-state index is -1.83. The Morgan fingerprint density at radius 1 is 0.950 bits per heavy atom. The summed E-state index contributed by atoms with van der Waals surface area (Å²) in [5.41, 5.74) is 0. The van der Waals surface area contributed by atoms with E-state index in [4.69, 9.17) is 15.0 Å². The average Bonchev–Trinajstić information content (AvgIpc) is 2.35. The molecule has 0 radical (unpaired) electrons. The van der Waals surface area contributed by atoms with Gasteiger partial charge in [-0.15, -0.1) is 13.2 Å². The molecular weight excluding hydrogens is 264 g/mol. The van der Waals surface area contributed by atoms with E-state index in [0.29, 0.717) is 13.2 Å². The summed E-state index contributed by atoms with van der Waals surface area (Å²) in [6.07, 6.45) is 2.78. The molecule has 0 aromatic heterocycles. The van der Waals surface area contributed by atoms with Crippen molar-refractivity contribution in [1.29, 1.82) is 0 Å². The summed E-state index contributed by atoms with van der Waals surface area (Å²) >= 11 is 0. The fourth-order valence-corrected chi connectivity index (χ4v) is 0.412. The molecule has 0 saturated heterocycles. The predicted octanol–water partition coefficient (Wildman–Crippen LogP) is 4.57. The van der Waals surface area contributed by atoms with Crippen LogP contribution in [0.1, 0.15) is 40.5 Å². The van der Waals surface area contributed by atoms with E-state index in [0.717, 1.165) is 12.8 Å². The Bertz CT molecular complexity index is 206. The normalized spacial score (nSPS) is 7.00. The van der Waals surface area contributed by atoms with Crippen LogP contribution in [0.2, 0.25) is 0 Å². The molecule has 2 N–H and O–H groups in total. The maximum absolute atomic E-state index is 10.5. The lowest BCUT2D eigenvalue weighted by Crippen LogP contribution is -2.08. The molecule has 0 unspecified atom stereocenters. The summed E-state index contributed by atoms with van der Waals surface area (Å²) in [5.74, 6) is 0. The molecule has 0 heterocycles. The van der Waals surface area contributed by atoms with Gasteiger partial charge in [-0.1, -0.05) is 26.0 Å². The second kappa shape index (κ2) is 30.2. The number of carboxylic acid groups (broad SMARTS) is 2. The Morgan fingerprint density at radius 2 is 1.15 bits per heavy atom. The van der Waals surface area contributed by atoms with E-state index in [1.54, 1.807) is 12.2 Å². The third kappa shape index (κ3) is 99.7. The molecule has 0 bridgehead atoms. The Morgan fingerprint density at radius 3 is 1.30 bits per heavy atom. The van der Waals surface area contributed by atoms with E-state index < -0.39 is 12.3 Å². The van der Waals surface area contributed by atoms with Gasteiger partial charge >= 0.3 is 12.3 Å². The molecule has 0 rings (SSSR count). The summed E-state index contributed by atoms with van der Waals surface area (Å²) in [7, 11) is 0. The number of hydrogen-bond acceptors (Lipinski definition) is 4. The fraction of sp³-hybridized carbons (Fsp3) is 0.571. The highest BCUT2D eigenvalue weighted by Gasteiger charge is 1.99. The van der Waals surface area contributed by atoms with Gasteiger partial charge in [0.25, 0.3) is 0 Å². The van der Waals surface area contributed by atoms with Gasteiger partial charge in [-0.2, -0.15) is 0 Å². The molecule has 0 fully saturated rings. The van der Waals surface area contributed by atoms with Crippen LogP contribution in [-0.2, 0) is 9.47 Å². The number of allylic oxidation sites excluding steroid dienone is 2. The van der Waals surface area contributed by atoms with Crippen molar-refractivity contribution in [2.75, 3.05) is 13.2 Å². The lowest BCUT2D eigenvalue weighted by molar-refractivity contribution is 0.0554. The molecule has 0 saturated carbocycles. The smallest absolute Gasteiger partial charge is 0.450 e. The van der Waals surface area contributed by atoms with Crippen molar-refractivity contribution in [3.63, 3.8) is 0 Å². The number of rotatable bonds is 4. The van der Waals surface area contributed by atoms with Crippen molar-refractivity contribution >= 4 is 12.3 Å². The Kier molecular flexibility index (Phi) is 40.1. The van der Waals surface area contributed by atoms with E-state index in [1.807, 2.05) is 27.7 Å². The zero-order chi connectivity index (χ0) is 16.8. The molecule has 0 aliphatic carbocycles. The Hall–Kier alpha value is -1.98. The molecule has 0 aliphatic rings. The van der Waals surface area contributed by atoms with Crippen molar-refractivity contribution in [2.45, 2.75) is 40.5 Å². The van der Waals surface area contributed by atoms with Gasteiger partial charge in [-0.25, -0.2) is 9.59 Å². The number of carbonyl (C=O) groups is 2. The molecule has 0 atom stereocenters. The Labute approximate surface area is 121 Å². The van der Waals surface area contributed by atoms with Crippen LogP contribution in [0.4, 0.5) is 9.59 Å². The van der Waals surface area contributed by atoms with Gasteiger partial charge in [0.15, 0.2) is 0 Å². The molecule has 0 spiro atoms. The van der Waals surface area contributed by atoms with Gasteiger partial charge in [0.2, 0.25) is 0 Å². The third-order valence-electron chi connectivity index (χ3n) is 0.848. The second-order valence-electron chi connectivity index (χ2n) is 3.05. The standard InChI is InChI=1S/C7H14O3.2C3H6.CH2O3/c1-3-5-9-7(8)10-6-4-2;2*1-3-2;2-1(3)4/h3-6H2,1-2H3;2*3H,1H2,2H3;(H2,2,3,4). The van der Waals surface area contributed by atoms with Crippen molar-refractivity contribution in [1.82, 2.24) is 0 Å². The minimum Gasteiger partial charge on any atom is -0.450 e. The maximum atomic E-state index is 10.5. The third-order valence-corrected chi connectivity index (χ3v) is 0.848. The first-order chi connectivity index (χ1) is 9.37. The van der Waals surface area contributed by atoms with Crippen molar-refractivity contribution < 1.29 is 29.3 Å². The van der Waals surface area contributed by atoms with Gasteiger partial charge in [-0.3, -0.25) is 0 Å². The fourth-order valence-electron chi connectivity index (χ4n) is 0.412. The largest absolute Gasteiger partial charge is 0.508 e. The highest BCUT2D eigenvalue weighted by Crippen LogP contribution is 1.88. The topological polar surface area (TPSA) is 93.1 Å². The van der Waals surface area contributed by atoms with Crippen LogP contribution in [0.3, 0.4) is 0 Å². The van der Waals surface area contributed by atoms with Crippen LogP contribution in [0, 0.1) is 0 Å². The summed E-state index contributed by atoms with van der Waals surface area (Å²) < 4.78 is 9.26. The Balaban J connectivity index is -0.000000106. The van der Waals surface area contributed by atoms with Crippen molar-refractivity contribution in [3.05, 3.63) is 25.3 Å². The van der Waals surface area contributed by atoms with E-state index in [1.165, 1.54) is 0 Å². The molecule has 6 heteroatoms. The van der Waals surface area contributed by atoms with Crippen LogP contribution in [0.25, 0.3) is 0 Å². The molecule has 0 aliphatic heterocycles. The summed E-state index contributed by atoms with van der Waals surface area (Å²) in [5, 5.41) is 13.9.